The van der Waals surface area contributed by atoms with Crippen molar-refractivity contribution in [3.63, 3.8) is 0 Å². The zero-order valence-electron chi connectivity index (χ0n) is 27.8. The number of carbonyl (C=O) groups is 2. The van der Waals surface area contributed by atoms with Gasteiger partial charge in [-0.25, -0.2) is 4.98 Å². The second-order valence-corrected chi connectivity index (χ2v) is 19.9. The molecule has 0 radical (unpaired) electrons. The zero-order valence-corrected chi connectivity index (χ0v) is 29.6. The van der Waals surface area contributed by atoms with Gasteiger partial charge in [-0.15, -0.1) is 11.3 Å². The largest absolute Gasteiger partial charge is 0.481 e. The second-order valence-electron chi connectivity index (χ2n) is 14.1. The van der Waals surface area contributed by atoms with Crippen LogP contribution in [-0.4, -0.2) is 47.5 Å². The van der Waals surface area contributed by atoms with E-state index in [9.17, 15) is 19.8 Å². The summed E-state index contributed by atoms with van der Waals surface area (Å²) in [6.07, 6.45) is 6.99. The molecule has 0 saturated carbocycles. The van der Waals surface area contributed by atoms with Crippen molar-refractivity contribution in [3.05, 3.63) is 33.3 Å². The summed E-state index contributed by atoms with van der Waals surface area (Å²) in [5, 5.41) is 22.8. The number of Topliss-reactive ketones (excluding diaryl/α,β-unsaturated/α-hetero) is 1. The van der Waals surface area contributed by atoms with Gasteiger partial charge >= 0.3 is 5.97 Å². The van der Waals surface area contributed by atoms with Crippen molar-refractivity contribution >= 4 is 37.5 Å². The molecule has 4 atom stereocenters. The van der Waals surface area contributed by atoms with Crippen molar-refractivity contribution in [2.45, 2.75) is 138 Å². The molecule has 1 heterocycles. The van der Waals surface area contributed by atoms with Gasteiger partial charge in [-0.3, -0.25) is 9.59 Å². The maximum Gasteiger partial charge on any atom is 0.303 e. The minimum absolute atomic E-state index is 0.0115. The van der Waals surface area contributed by atoms with Crippen molar-refractivity contribution in [1.29, 1.82) is 0 Å². The molecule has 2 N–H and O–H groups in total. The van der Waals surface area contributed by atoms with E-state index >= 15 is 0 Å². The first-order chi connectivity index (χ1) is 18.7. The molecule has 8 heteroatoms. The molecular formula is C33H57NO5SSi. The number of aliphatic hydroxyl groups excluding tert-OH is 1. The highest BCUT2D eigenvalue weighted by atomic mass is 32.1. The molecule has 0 saturated heterocycles. The van der Waals surface area contributed by atoms with E-state index < -0.39 is 25.8 Å². The van der Waals surface area contributed by atoms with Gasteiger partial charge in [-0.05, 0) is 88.6 Å². The quantitative estimate of drug-likeness (QED) is 0.136. The minimum atomic E-state index is -2.15. The number of hydrogen-bond donors (Lipinski definition) is 2. The van der Waals surface area contributed by atoms with E-state index in [1.807, 2.05) is 46.1 Å². The van der Waals surface area contributed by atoms with Crippen LogP contribution in [0.4, 0.5) is 0 Å². The van der Waals surface area contributed by atoms with E-state index in [2.05, 4.69) is 58.8 Å². The number of ketones is 1. The Morgan fingerprint density at radius 2 is 1.73 bits per heavy atom. The van der Waals surface area contributed by atoms with Gasteiger partial charge in [0.1, 0.15) is 5.78 Å². The van der Waals surface area contributed by atoms with Crippen molar-refractivity contribution < 1.29 is 24.2 Å². The lowest BCUT2D eigenvalue weighted by molar-refractivity contribution is -0.139. The smallest absolute Gasteiger partial charge is 0.303 e. The maximum atomic E-state index is 13.7. The summed E-state index contributed by atoms with van der Waals surface area (Å²) in [6, 6.07) is 0. The van der Waals surface area contributed by atoms with Crippen LogP contribution in [0.3, 0.4) is 0 Å². The number of aryl methyl sites for hydroxylation is 1. The van der Waals surface area contributed by atoms with Crippen molar-refractivity contribution in [2.75, 3.05) is 0 Å². The molecule has 41 heavy (non-hydrogen) atoms. The molecule has 6 nitrogen and oxygen atoms in total. The highest BCUT2D eigenvalue weighted by Crippen LogP contribution is 2.41. The lowest BCUT2D eigenvalue weighted by atomic mass is 9.74. The van der Waals surface area contributed by atoms with Crippen molar-refractivity contribution in [3.8, 4) is 0 Å². The predicted molar refractivity (Wildman–Crippen MR) is 175 cm³/mol. The molecule has 1 aromatic rings. The summed E-state index contributed by atoms with van der Waals surface area (Å²) in [4.78, 5) is 29.3. The zero-order chi connectivity index (χ0) is 31.8. The lowest BCUT2D eigenvalue weighted by Crippen LogP contribution is -2.50. The molecule has 1 aromatic heterocycles. The Hall–Kier alpha value is -1.61. The number of nitrogens with zero attached hydrogens (tertiary/aromatic N) is 1. The monoisotopic (exact) mass is 607 g/mol. The van der Waals surface area contributed by atoms with Crippen LogP contribution in [0, 0.1) is 24.2 Å². The number of carbonyl (C=O) groups excluding carboxylic acids is 1. The van der Waals surface area contributed by atoms with Gasteiger partial charge in [-0.1, -0.05) is 60.1 Å². The van der Waals surface area contributed by atoms with E-state index in [0.29, 0.717) is 12.8 Å². The Balaban J connectivity index is 2.91. The van der Waals surface area contributed by atoms with Crippen LogP contribution in [-0.2, 0) is 14.0 Å². The molecule has 0 aliphatic carbocycles. The normalized spacial score (nSPS) is 16.8. The number of aliphatic carboxylic acids is 1. The molecule has 0 unspecified atom stereocenters. The third kappa shape index (κ3) is 12.3. The Bertz CT molecular complexity index is 1070. The average Bonchev–Trinajstić information content (AvgIpc) is 3.27. The molecule has 0 bridgehead atoms. The molecule has 0 aliphatic heterocycles. The predicted octanol–water partition coefficient (Wildman–Crippen LogP) is 8.85. The van der Waals surface area contributed by atoms with Gasteiger partial charge in [0.2, 0.25) is 0 Å². The standard InChI is InChI=1S/C33H57NO5SSi/c1-22(16-17-28(35)24(3)20-27-21-40-26(5)34-27)14-13-15-23(2)30(39-41(11,12)32(6,7)8)25(4)31(38)33(9,10)19-18-29(36)37/h16,20-21,23,25,28,30,35H,13-15,17-19H2,1-12H3,(H,36,37)/b22-16-,24-20+/t23-,25+,28-,30-/m0/s1. The summed E-state index contributed by atoms with van der Waals surface area (Å²) in [6.45, 7) is 25.0. The highest BCUT2D eigenvalue weighted by Gasteiger charge is 2.44. The van der Waals surface area contributed by atoms with Crippen molar-refractivity contribution in [1.82, 2.24) is 4.98 Å². The summed E-state index contributed by atoms with van der Waals surface area (Å²) in [5.41, 5.74) is 2.32. The van der Waals surface area contributed by atoms with Gasteiger partial charge in [0.05, 0.1) is 22.9 Å². The molecule has 0 fully saturated rings. The van der Waals surface area contributed by atoms with Gasteiger partial charge in [-0.2, -0.15) is 0 Å². The number of carboxylic acids is 1. The fraction of sp³-hybridized carbons (Fsp3) is 0.727. The number of aliphatic hydroxyl groups is 1. The average molecular weight is 608 g/mol. The fourth-order valence-corrected chi connectivity index (χ4v) is 6.82. The van der Waals surface area contributed by atoms with Gasteiger partial charge in [0.15, 0.2) is 8.32 Å². The van der Waals surface area contributed by atoms with E-state index in [0.717, 1.165) is 35.5 Å². The number of rotatable bonds is 17. The van der Waals surface area contributed by atoms with Gasteiger partial charge in [0, 0.05) is 23.1 Å². The summed E-state index contributed by atoms with van der Waals surface area (Å²) >= 11 is 1.60. The molecule has 1 rings (SSSR count). The second kappa shape index (κ2) is 15.7. The van der Waals surface area contributed by atoms with Crippen LogP contribution in [0.15, 0.2) is 22.6 Å². The third-order valence-corrected chi connectivity index (χ3v) is 14.1. The number of hydrogen-bond acceptors (Lipinski definition) is 6. The fourth-order valence-electron chi connectivity index (χ4n) is 4.78. The van der Waals surface area contributed by atoms with E-state index in [1.165, 1.54) is 5.57 Å². The van der Waals surface area contributed by atoms with E-state index in [-0.39, 0.29) is 35.2 Å². The molecule has 234 valence electrons. The van der Waals surface area contributed by atoms with Crippen LogP contribution >= 0.6 is 11.3 Å². The van der Waals surface area contributed by atoms with E-state index in [1.54, 1.807) is 11.3 Å². The summed E-state index contributed by atoms with van der Waals surface area (Å²) in [5.74, 6) is -0.956. The first-order valence-electron chi connectivity index (χ1n) is 15.1. The SMILES string of the molecule is C/C(=C/C[C@H](O)/C(C)=C/c1csc(C)n1)CCC[C@H](C)[C@H](O[Si](C)(C)C(C)(C)C)[C@@H](C)C(=O)C(C)(C)CCC(=O)O. The van der Waals surface area contributed by atoms with E-state index in [4.69, 9.17) is 4.43 Å². The van der Waals surface area contributed by atoms with Gasteiger partial charge < -0.3 is 14.6 Å². The number of aromatic nitrogens is 1. The Morgan fingerprint density at radius 3 is 2.24 bits per heavy atom. The molecule has 0 aliphatic rings. The molecule has 0 spiro atoms. The number of carboxylic acid groups (broad SMARTS) is 1. The number of thiazole rings is 1. The van der Waals surface area contributed by atoms with Crippen molar-refractivity contribution in [2.24, 2.45) is 17.3 Å². The number of allylic oxidation sites excluding steroid dienone is 1. The Morgan fingerprint density at radius 1 is 1.12 bits per heavy atom. The lowest BCUT2D eigenvalue weighted by Gasteiger charge is -2.43. The molecule has 0 amide bonds. The molecule has 0 aromatic carbocycles. The van der Waals surface area contributed by atoms with Crippen LogP contribution in [0.5, 0.6) is 0 Å². The van der Waals surface area contributed by atoms with Crippen LogP contribution in [0.2, 0.25) is 18.1 Å². The molecular weight excluding hydrogens is 551 g/mol. The van der Waals surface area contributed by atoms with Gasteiger partial charge in [0.25, 0.3) is 0 Å². The highest BCUT2D eigenvalue weighted by molar-refractivity contribution is 7.09. The Labute approximate surface area is 254 Å². The third-order valence-electron chi connectivity index (χ3n) is 8.79. The maximum absolute atomic E-state index is 13.7. The first-order valence-corrected chi connectivity index (χ1v) is 18.8. The minimum Gasteiger partial charge on any atom is -0.481 e. The van der Waals surface area contributed by atoms with Crippen LogP contribution in [0.1, 0.15) is 112 Å². The summed E-state index contributed by atoms with van der Waals surface area (Å²) in [7, 11) is -2.15. The van der Waals surface area contributed by atoms with Crippen LogP contribution in [0.25, 0.3) is 6.08 Å². The van der Waals surface area contributed by atoms with Crippen LogP contribution < -0.4 is 0 Å². The Kier molecular flexibility index (Phi) is 14.4. The topological polar surface area (TPSA) is 96.7 Å². The summed E-state index contributed by atoms with van der Waals surface area (Å²) < 4.78 is 6.92. The first kappa shape index (κ1) is 37.4.